The van der Waals surface area contributed by atoms with E-state index in [0.717, 1.165) is 16.7 Å². The molecule has 8 nitrogen and oxygen atoms in total. The maximum Gasteiger partial charge on any atom is 0.322 e. The van der Waals surface area contributed by atoms with Crippen molar-refractivity contribution in [2.24, 2.45) is 0 Å². The number of hydrogen-bond acceptors (Lipinski definition) is 6. The average Bonchev–Trinajstić information content (AvgIpc) is 2.89. The van der Waals surface area contributed by atoms with Crippen molar-refractivity contribution in [3.8, 4) is 11.1 Å². The van der Waals surface area contributed by atoms with Gasteiger partial charge in [-0.25, -0.2) is 18.1 Å². The number of nitrogens with one attached hydrogen (secondary N) is 2. The van der Waals surface area contributed by atoms with Gasteiger partial charge >= 0.3 is 5.97 Å². The molecule has 0 bridgehead atoms. The highest BCUT2D eigenvalue weighted by molar-refractivity contribution is 7.89. The molecule has 2 aromatic carbocycles. The van der Waals surface area contributed by atoms with Crippen molar-refractivity contribution in [3.05, 3.63) is 109 Å². The van der Waals surface area contributed by atoms with Gasteiger partial charge in [-0.3, -0.25) is 9.78 Å². The molecule has 2 heterocycles. The van der Waals surface area contributed by atoms with Crippen LogP contribution in [-0.4, -0.2) is 36.0 Å². The van der Waals surface area contributed by atoms with E-state index in [-0.39, 0.29) is 11.4 Å². The summed E-state index contributed by atoms with van der Waals surface area (Å²) in [6.07, 6.45) is 3.13. The number of rotatable bonds is 10. The van der Waals surface area contributed by atoms with Gasteiger partial charge in [-0.05, 0) is 47.4 Å². The second kappa shape index (κ2) is 10.9. The number of carboxylic acids is 1. The number of pyridine rings is 2. The van der Waals surface area contributed by atoms with E-state index in [4.69, 9.17) is 5.11 Å². The Labute approximate surface area is 203 Å². The third-order valence-corrected chi connectivity index (χ3v) is 6.75. The summed E-state index contributed by atoms with van der Waals surface area (Å²) in [6, 6.07) is 25.3. The van der Waals surface area contributed by atoms with Gasteiger partial charge in [-0.2, -0.15) is 0 Å². The van der Waals surface area contributed by atoms with E-state index in [9.17, 15) is 13.2 Å². The Kier molecular flexibility index (Phi) is 7.49. The fraction of sp³-hybridized carbons (Fsp3) is 0.115. The predicted octanol–water partition coefficient (Wildman–Crippen LogP) is 3.90. The summed E-state index contributed by atoms with van der Waals surface area (Å²) in [5.41, 5.74) is 3.51. The summed E-state index contributed by atoms with van der Waals surface area (Å²) in [5.74, 6) is -0.681. The number of sulfonamides is 1. The molecule has 1 atom stereocenters. The maximum absolute atomic E-state index is 13.1. The molecule has 4 aromatic rings. The molecule has 0 aliphatic heterocycles. The molecule has 0 spiro atoms. The van der Waals surface area contributed by atoms with E-state index in [1.165, 1.54) is 18.5 Å². The molecule has 0 amide bonds. The summed E-state index contributed by atoms with van der Waals surface area (Å²) < 4.78 is 28.9. The largest absolute Gasteiger partial charge is 0.480 e. The quantitative estimate of drug-likeness (QED) is 0.309. The molecule has 0 saturated carbocycles. The van der Waals surface area contributed by atoms with Gasteiger partial charge in [0.15, 0.2) is 0 Å². The minimum absolute atomic E-state index is 0.0459. The number of nitrogens with zero attached hydrogens (tertiary/aromatic N) is 2. The fourth-order valence-electron chi connectivity index (χ4n) is 3.58. The van der Waals surface area contributed by atoms with Crippen LogP contribution in [0.2, 0.25) is 0 Å². The van der Waals surface area contributed by atoms with Crippen LogP contribution in [0.5, 0.6) is 0 Å². The molecule has 0 radical (unpaired) electrons. The first-order valence-electron chi connectivity index (χ1n) is 10.9. The highest BCUT2D eigenvalue weighted by atomic mass is 32.2. The lowest BCUT2D eigenvalue weighted by Gasteiger charge is -2.19. The van der Waals surface area contributed by atoms with Crippen molar-refractivity contribution in [2.75, 3.05) is 11.9 Å². The van der Waals surface area contributed by atoms with Crippen molar-refractivity contribution in [3.63, 3.8) is 0 Å². The minimum atomic E-state index is -3.88. The van der Waals surface area contributed by atoms with E-state index in [0.29, 0.717) is 17.9 Å². The molecular formula is C26H24N4O4S. The average molecular weight is 489 g/mol. The molecule has 3 N–H and O–H groups in total. The smallest absolute Gasteiger partial charge is 0.322 e. The Hall–Kier alpha value is -4.08. The van der Waals surface area contributed by atoms with Gasteiger partial charge in [0.1, 0.15) is 17.3 Å². The zero-order valence-corrected chi connectivity index (χ0v) is 19.5. The van der Waals surface area contributed by atoms with Crippen LogP contribution in [0.3, 0.4) is 0 Å². The summed E-state index contributed by atoms with van der Waals surface area (Å²) in [5, 5.41) is 11.7. The topological polar surface area (TPSA) is 121 Å². The van der Waals surface area contributed by atoms with E-state index < -0.39 is 22.0 Å². The van der Waals surface area contributed by atoms with E-state index in [1.807, 2.05) is 54.6 Å². The second-order valence-corrected chi connectivity index (χ2v) is 9.54. The van der Waals surface area contributed by atoms with Crippen LogP contribution in [0.15, 0.2) is 102 Å². The van der Waals surface area contributed by atoms with Crippen LogP contribution >= 0.6 is 0 Å². The summed E-state index contributed by atoms with van der Waals surface area (Å²) in [7, 11) is -3.88. The standard InChI is InChI=1S/C26H24N4O4S/c31-26(32)18-28-25-10-4-9-23(29-25)24(30-35(33,34)22-8-5-15-27-17-22)16-19-11-13-21(14-12-19)20-6-2-1-3-7-20/h1-15,17,24,30H,16,18H2,(H,28,29)(H,31,32). The SMILES string of the molecule is O=C(O)CNc1cccc(C(Cc2ccc(-c3ccccc3)cc2)NS(=O)(=O)c2cccnc2)n1. The van der Waals surface area contributed by atoms with Gasteiger partial charge in [0.05, 0.1) is 11.7 Å². The Balaban J connectivity index is 1.63. The van der Waals surface area contributed by atoms with E-state index in [2.05, 4.69) is 20.0 Å². The number of hydrogen-bond donors (Lipinski definition) is 3. The first kappa shape index (κ1) is 24.1. The second-order valence-electron chi connectivity index (χ2n) is 7.82. The molecule has 0 aliphatic carbocycles. The Morgan fingerprint density at radius 2 is 1.63 bits per heavy atom. The first-order chi connectivity index (χ1) is 16.9. The first-order valence-corrected chi connectivity index (χ1v) is 12.4. The third-order valence-electron chi connectivity index (χ3n) is 5.29. The highest BCUT2D eigenvalue weighted by Crippen LogP contribution is 2.24. The van der Waals surface area contributed by atoms with Crippen LogP contribution in [0.25, 0.3) is 11.1 Å². The van der Waals surface area contributed by atoms with Gasteiger partial charge < -0.3 is 10.4 Å². The molecule has 2 aromatic heterocycles. The van der Waals surface area contributed by atoms with Crippen LogP contribution in [0, 0.1) is 0 Å². The summed E-state index contributed by atoms with van der Waals surface area (Å²) in [6.45, 7) is -0.302. The molecule has 9 heteroatoms. The minimum Gasteiger partial charge on any atom is -0.480 e. The lowest BCUT2D eigenvalue weighted by atomic mass is 9.99. The third kappa shape index (κ3) is 6.50. The lowest BCUT2D eigenvalue weighted by Crippen LogP contribution is -2.31. The van der Waals surface area contributed by atoms with Crippen molar-refractivity contribution in [1.82, 2.24) is 14.7 Å². The molecule has 0 aliphatic rings. The molecule has 1 unspecified atom stereocenters. The zero-order chi connectivity index (χ0) is 24.7. The number of anilines is 1. The van der Waals surface area contributed by atoms with Gasteiger partial charge in [-0.1, -0.05) is 60.7 Å². The van der Waals surface area contributed by atoms with Crippen molar-refractivity contribution in [1.29, 1.82) is 0 Å². The zero-order valence-electron chi connectivity index (χ0n) is 18.7. The number of carbonyl (C=O) groups is 1. The van der Waals surface area contributed by atoms with Crippen molar-refractivity contribution < 1.29 is 18.3 Å². The lowest BCUT2D eigenvalue weighted by molar-refractivity contribution is -0.134. The van der Waals surface area contributed by atoms with Crippen LogP contribution in [0.1, 0.15) is 17.3 Å². The molecule has 4 rings (SSSR count). The number of aromatic nitrogens is 2. The normalized spacial score (nSPS) is 12.1. The van der Waals surface area contributed by atoms with Gasteiger partial charge in [0, 0.05) is 12.4 Å². The van der Waals surface area contributed by atoms with E-state index >= 15 is 0 Å². The van der Waals surface area contributed by atoms with Gasteiger partial charge in [0.25, 0.3) is 0 Å². The Bertz CT molecular complexity index is 1380. The number of aliphatic carboxylic acids is 1. The molecular weight excluding hydrogens is 464 g/mol. The van der Waals surface area contributed by atoms with Crippen molar-refractivity contribution in [2.45, 2.75) is 17.4 Å². The Morgan fingerprint density at radius 3 is 2.31 bits per heavy atom. The van der Waals surface area contributed by atoms with Crippen LogP contribution < -0.4 is 10.0 Å². The summed E-state index contributed by atoms with van der Waals surface area (Å²) in [4.78, 5) is 19.3. The Morgan fingerprint density at radius 1 is 0.886 bits per heavy atom. The molecule has 178 valence electrons. The van der Waals surface area contributed by atoms with Gasteiger partial charge in [-0.15, -0.1) is 0 Å². The van der Waals surface area contributed by atoms with E-state index in [1.54, 1.807) is 24.3 Å². The monoisotopic (exact) mass is 488 g/mol. The van der Waals surface area contributed by atoms with Crippen LogP contribution in [0.4, 0.5) is 5.82 Å². The molecule has 0 saturated heterocycles. The predicted molar refractivity (Wildman–Crippen MR) is 133 cm³/mol. The number of carboxylic acid groups (broad SMARTS) is 1. The maximum atomic E-state index is 13.1. The molecule has 35 heavy (non-hydrogen) atoms. The van der Waals surface area contributed by atoms with Crippen molar-refractivity contribution >= 4 is 21.8 Å². The highest BCUT2D eigenvalue weighted by Gasteiger charge is 2.23. The number of benzene rings is 2. The van der Waals surface area contributed by atoms with Crippen LogP contribution in [-0.2, 0) is 21.2 Å². The summed E-state index contributed by atoms with van der Waals surface area (Å²) >= 11 is 0. The molecule has 0 fully saturated rings. The van der Waals surface area contributed by atoms with Gasteiger partial charge in [0.2, 0.25) is 10.0 Å². The fourth-order valence-corrected chi connectivity index (χ4v) is 4.75.